The molecular formula is C14H16N2O2. The molecule has 1 heterocycles. The minimum atomic E-state index is -0.942. The Morgan fingerprint density at radius 2 is 2.39 bits per heavy atom. The van der Waals surface area contributed by atoms with Gasteiger partial charge in [0.25, 0.3) is 0 Å². The number of carbonyl (C=O) groups is 1. The first-order valence-electron chi connectivity index (χ1n) is 6.11. The molecular weight excluding hydrogens is 228 g/mol. The van der Waals surface area contributed by atoms with Crippen LogP contribution in [-0.2, 0) is 12.8 Å². The Bertz CT molecular complexity index is 517. The van der Waals surface area contributed by atoms with Crippen LogP contribution < -0.4 is 4.90 Å². The van der Waals surface area contributed by atoms with Gasteiger partial charge in [-0.05, 0) is 37.8 Å². The average Bonchev–Trinajstić information content (AvgIpc) is 2.81. The summed E-state index contributed by atoms with van der Waals surface area (Å²) in [5.41, 5.74) is 2.34. The Morgan fingerprint density at radius 1 is 1.61 bits per heavy atom. The maximum atomic E-state index is 11.3. The molecule has 2 rings (SSSR count). The average molecular weight is 244 g/mol. The first-order chi connectivity index (χ1) is 8.67. The summed E-state index contributed by atoms with van der Waals surface area (Å²) in [6.45, 7) is 2.97. The number of nitrogens with zero attached hydrogens (tertiary/aromatic N) is 2. The highest BCUT2D eigenvalue weighted by atomic mass is 16.4. The maximum Gasteiger partial charge on any atom is 0.339 e. The topological polar surface area (TPSA) is 53.4 Å². The van der Waals surface area contributed by atoms with Crippen LogP contribution in [0.1, 0.15) is 35.0 Å². The Labute approximate surface area is 107 Å². The molecule has 0 aliphatic heterocycles. The number of aromatic nitrogens is 1. The highest BCUT2D eigenvalue weighted by molar-refractivity contribution is 5.93. The van der Waals surface area contributed by atoms with E-state index < -0.39 is 5.97 Å². The lowest BCUT2D eigenvalue weighted by Gasteiger charge is -2.21. The smallest absolute Gasteiger partial charge is 0.339 e. The number of terminal acetylenes is 1. The van der Waals surface area contributed by atoms with Gasteiger partial charge >= 0.3 is 5.97 Å². The monoisotopic (exact) mass is 244 g/mol. The molecule has 94 valence electrons. The van der Waals surface area contributed by atoms with Crippen LogP contribution in [0, 0.1) is 12.3 Å². The van der Waals surface area contributed by atoms with Crippen molar-refractivity contribution < 1.29 is 9.90 Å². The highest BCUT2D eigenvalue weighted by Gasteiger charge is 2.22. The molecule has 0 spiro atoms. The number of anilines is 1. The van der Waals surface area contributed by atoms with E-state index in [-0.39, 0.29) is 5.56 Å². The SMILES string of the molecule is C#CCN(CC)c1nc2c(cc1C(=O)O)CCC2. The summed E-state index contributed by atoms with van der Waals surface area (Å²) in [7, 11) is 0. The fourth-order valence-electron chi connectivity index (χ4n) is 2.31. The van der Waals surface area contributed by atoms with Gasteiger partial charge in [-0.15, -0.1) is 6.42 Å². The number of carboxylic acid groups (broad SMARTS) is 1. The third-order valence-electron chi connectivity index (χ3n) is 3.22. The number of aryl methyl sites for hydroxylation is 2. The van der Waals surface area contributed by atoms with E-state index in [1.54, 1.807) is 6.07 Å². The summed E-state index contributed by atoms with van der Waals surface area (Å²) in [5, 5.41) is 9.29. The van der Waals surface area contributed by atoms with E-state index in [0.717, 1.165) is 30.5 Å². The Kier molecular flexibility index (Phi) is 3.52. The minimum absolute atomic E-state index is 0.257. The molecule has 0 bridgehead atoms. The number of aromatic carboxylic acids is 1. The van der Waals surface area contributed by atoms with Gasteiger partial charge in [0.05, 0.1) is 6.54 Å². The molecule has 1 aliphatic rings. The van der Waals surface area contributed by atoms with Crippen LogP contribution in [0.25, 0.3) is 0 Å². The van der Waals surface area contributed by atoms with E-state index in [1.165, 1.54) is 0 Å². The molecule has 1 aliphatic carbocycles. The van der Waals surface area contributed by atoms with Crippen LogP contribution in [0.3, 0.4) is 0 Å². The molecule has 0 saturated heterocycles. The van der Waals surface area contributed by atoms with E-state index in [2.05, 4.69) is 10.9 Å². The zero-order valence-corrected chi connectivity index (χ0v) is 10.4. The second kappa shape index (κ2) is 5.09. The molecule has 0 amide bonds. The van der Waals surface area contributed by atoms with Crippen molar-refractivity contribution >= 4 is 11.8 Å². The number of carboxylic acids is 1. The van der Waals surface area contributed by atoms with Gasteiger partial charge in [-0.1, -0.05) is 5.92 Å². The zero-order valence-electron chi connectivity index (χ0n) is 10.4. The van der Waals surface area contributed by atoms with Crippen LogP contribution in [-0.4, -0.2) is 29.1 Å². The van der Waals surface area contributed by atoms with Gasteiger partial charge in [0.15, 0.2) is 0 Å². The lowest BCUT2D eigenvalue weighted by atomic mass is 10.1. The van der Waals surface area contributed by atoms with Gasteiger partial charge in [0.2, 0.25) is 0 Å². The first-order valence-corrected chi connectivity index (χ1v) is 6.11. The largest absolute Gasteiger partial charge is 0.478 e. The highest BCUT2D eigenvalue weighted by Crippen LogP contribution is 2.27. The molecule has 0 atom stereocenters. The van der Waals surface area contributed by atoms with Gasteiger partial charge in [-0.3, -0.25) is 0 Å². The van der Waals surface area contributed by atoms with Crippen LogP contribution >= 0.6 is 0 Å². The molecule has 4 heteroatoms. The van der Waals surface area contributed by atoms with Crippen LogP contribution in [0.2, 0.25) is 0 Å². The fraction of sp³-hybridized carbons (Fsp3) is 0.429. The van der Waals surface area contributed by atoms with Gasteiger partial charge in [-0.2, -0.15) is 0 Å². The molecule has 1 aromatic rings. The lowest BCUT2D eigenvalue weighted by molar-refractivity contribution is 0.0697. The first kappa shape index (κ1) is 12.4. The van der Waals surface area contributed by atoms with E-state index in [0.29, 0.717) is 18.9 Å². The molecule has 18 heavy (non-hydrogen) atoms. The number of fused-ring (bicyclic) bond motifs is 1. The standard InChI is InChI=1S/C14H16N2O2/c1-3-8-16(4-2)13-11(14(17)18)9-10-6-5-7-12(10)15-13/h1,9H,4-8H2,2H3,(H,17,18). The van der Waals surface area contributed by atoms with Gasteiger partial charge in [-0.25, -0.2) is 9.78 Å². The third-order valence-corrected chi connectivity index (χ3v) is 3.22. The van der Waals surface area contributed by atoms with Crippen molar-refractivity contribution in [3.8, 4) is 12.3 Å². The van der Waals surface area contributed by atoms with E-state index >= 15 is 0 Å². The molecule has 0 unspecified atom stereocenters. The van der Waals surface area contributed by atoms with E-state index in [1.807, 2.05) is 11.8 Å². The predicted molar refractivity (Wildman–Crippen MR) is 69.9 cm³/mol. The fourth-order valence-corrected chi connectivity index (χ4v) is 2.31. The van der Waals surface area contributed by atoms with E-state index in [9.17, 15) is 9.90 Å². The van der Waals surface area contributed by atoms with Crippen molar-refractivity contribution in [3.63, 3.8) is 0 Å². The second-order valence-corrected chi connectivity index (χ2v) is 4.34. The minimum Gasteiger partial charge on any atom is -0.478 e. The van der Waals surface area contributed by atoms with Crippen molar-refractivity contribution in [3.05, 3.63) is 22.9 Å². The molecule has 1 N–H and O–H groups in total. The predicted octanol–water partition coefficient (Wildman–Crippen LogP) is 1.73. The normalized spacial score (nSPS) is 12.9. The van der Waals surface area contributed by atoms with Crippen LogP contribution in [0.4, 0.5) is 5.82 Å². The van der Waals surface area contributed by atoms with Crippen molar-refractivity contribution in [2.75, 3.05) is 18.0 Å². The Hall–Kier alpha value is -2.02. The zero-order chi connectivity index (χ0) is 13.1. The number of hydrogen-bond acceptors (Lipinski definition) is 3. The van der Waals surface area contributed by atoms with Gasteiger partial charge in [0.1, 0.15) is 11.4 Å². The van der Waals surface area contributed by atoms with Crippen molar-refractivity contribution in [2.24, 2.45) is 0 Å². The van der Waals surface area contributed by atoms with Crippen LogP contribution in [0.15, 0.2) is 6.07 Å². The summed E-state index contributed by atoms with van der Waals surface area (Å²) in [6.07, 6.45) is 8.21. The summed E-state index contributed by atoms with van der Waals surface area (Å²) in [5.74, 6) is 2.11. The summed E-state index contributed by atoms with van der Waals surface area (Å²) >= 11 is 0. The second-order valence-electron chi connectivity index (χ2n) is 4.34. The Balaban J connectivity index is 2.50. The van der Waals surface area contributed by atoms with E-state index in [4.69, 9.17) is 6.42 Å². The van der Waals surface area contributed by atoms with Crippen molar-refractivity contribution in [1.82, 2.24) is 4.98 Å². The summed E-state index contributed by atoms with van der Waals surface area (Å²) < 4.78 is 0. The number of rotatable bonds is 4. The quantitative estimate of drug-likeness (QED) is 0.819. The maximum absolute atomic E-state index is 11.3. The molecule has 4 nitrogen and oxygen atoms in total. The molecule has 1 aromatic heterocycles. The van der Waals surface area contributed by atoms with Gasteiger partial charge in [0, 0.05) is 12.2 Å². The summed E-state index contributed by atoms with van der Waals surface area (Å²) in [6, 6.07) is 1.76. The van der Waals surface area contributed by atoms with Gasteiger partial charge < -0.3 is 10.0 Å². The van der Waals surface area contributed by atoms with Crippen LogP contribution in [0.5, 0.6) is 0 Å². The third kappa shape index (κ3) is 2.17. The molecule has 0 aromatic carbocycles. The Morgan fingerprint density at radius 3 is 3.00 bits per heavy atom. The van der Waals surface area contributed by atoms with Crippen molar-refractivity contribution in [1.29, 1.82) is 0 Å². The summed E-state index contributed by atoms with van der Waals surface area (Å²) in [4.78, 5) is 17.7. The molecule has 0 fully saturated rings. The number of hydrogen-bond donors (Lipinski definition) is 1. The number of pyridine rings is 1. The van der Waals surface area contributed by atoms with Crippen molar-refractivity contribution in [2.45, 2.75) is 26.2 Å². The lowest BCUT2D eigenvalue weighted by Crippen LogP contribution is -2.26. The molecule has 0 saturated carbocycles. The molecule has 0 radical (unpaired) electrons.